The highest BCUT2D eigenvalue weighted by Crippen LogP contribution is 2.60. The predicted octanol–water partition coefficient (Wildman–Crippen LogP) is 2.38. The van der Waals surface area contributed by atoms with E-state index in [1.807, 2.05) is 0 Å². The lowest BCUT2D eigenvalue weighted by atomic mass is 9.80. The quantitative estimate of drug-likeness (QED) is 0.798. The summed E-state index contributed by atoms with van der Waals surface area (Å²) in [5.41, 5.74) is -0.384. The second-order valence-corrected chi connectivity index (χ2v) is 7.85. The number of nitrogens with one attached hydrogen (secondary N) is 1. The molecule has 1 amide bonds. The molecule has 0 aromatic carbocycles. The normalized spacial score (nSPS) is 47.1. The Labute approximate surface area is 119 Å². The average Bonchev–Trinajstić information content (AvgIpc) is 3.08. The first-order valence-electron chi connectivity index (χ1n) is 8.28. The number of hydrogen-bond acceptors (Lipinski definition) is 3. The summed E-state index contributed by atoms with van der Waals surface area (Å²) in [7, 11) is 0. The van der Waals surface area contributed by atoms with E-state index in [2.05, 4.69) is 10.3 Å². The van der Waals surface area contributed by atoms with Crippen molar-refractivity contribution in [3.63, 3.8) is 0 Å². The Bertz CT molecular complexity index is 493. The van der Waals surface area contributed by atoms with Crippen LogP contribution in [0.5, 0.6) is 0 Å². The zero-order valence-corrected chi connectivity index (χ0v) is 11.9. The molecule has 4 nitrogen and oxygen atoms in total. The molecule has 4 bridgehead atoms. The van der Waals surface area contributed by atoms with Gasteiger partial charge in [0.15, 0.2) is 5.60 Å². The molecule has 0 aromatic heterocycles. The molecule has 0 radical (unpaired) electrons. The van der Waals surface area contributed by atoms with E-state index in [1.165, 1.54) is 32.1 Å². The molecular formula is C16H22N2O2. The van der Waals surface area contributed by atoms with Crippen molar-refractivity contribution < 1.29 is 9.53 Å². The molecule has 1 aliphatic heterocycles. The third kappa shape index (κ3) is 1.38. The summed E-state index contributed by atoms with van der Waals surface area (Å²) in [5, 5.41) is 3.60. The Balaban J connectivity index is 1.38. The minimum absolute atomic E-state index is 0.0356. The SMILES string of the molecule is O=C1N=C(NC23CC4CC(CC2C4)C3)OC12CCCC2. The minimum atomic E-state index is -0.589. The number of nitrogens with zero attached hydrogens (tertiary/aromatic N) is 1. The third-order valence-electron chi connectivity index (χ3n) is 6.64. The topological polar surface area (TPSA) is 50.7 Å². The molecule has 4 heteroatoms. The van der Waals surface area contributed by atoms with Gasteiger partial charge in [-0.05, 0) is 75.5 Å². The van der Waals surface area contributed by atoms with E-state index in [9.17, 15) is 4.79 Å². The van der Waals surface area contributed by atoms with Gasteiger partial charge in [-0.15, -0.1) is 0 Å². The largest absolute Gasteiger partial charge is 0.448 e. The lowest BCUT2D eigenvalue weighted by molar-refractivity contribution is -0.130. The van der Waals surface area contributed by atoms with Crippen molar-refractivity contribution in [3.8, 4) is 0 Å². The first-order chi connectivity index (χ1) is 9.68. The summed E-state index contributed by atoms with van der Waals surface area (Å²) in [4.78, 5) is 16.4. The van der Waals surface area contributed by atoms with Crippen LogP contribution in [-0.4, -0.2) is 23.1 Å². The highest BCUT2D eigenvalue weighted by atomic mass is 16.5. The predicted molar refractivity (Wildman–Crippen MR) is 74.1 cm³/mol. The van der Waals surface area contributed by atoms with Gasteiger partial charge in [0.05, 0.1) is 0 Å². The monoisotopic (exact) mass is 274 g/mol. The molecule has 20 heavy (non-hydrogen) atoms. The van der Waals surface area contributed by atoms with Gasteiger partial charge in [-0.2, -0.15) is 4.99 Å². The van der Waals surface area contributed by atoms with E-state index >= 15 is 0 Å². The maximum Gasteiger partial charge on any atom is 0.294 e. The Morgan fingerprint density at radius 2 is 1.80 bits per heavy atom. The van der Waals surface area contributed by atoms with E-state index in [4.69, 9.17) is 4.74 Å². The van der Waals surface area contributed by atoms with Crippen molar-refractivity contribution in [2.75, 3.05) is 0 Å². The zero-order valence-electron chi connectivity index (χ0n) is 11.9. The molecular weight excluding hydrogens is 252 g/mol. The lowest BCUT2D eigenvalue weighted by Gasteiger charge is -2.34. The fourth-order valence-corrected chi connectivity index (χ4v) is 5.97. The Morgan fingerprint density at radius 1 is 1.10 bits per heavy atom. The van der Waals surface area contributed by atoms with E-state index < -0.39 is 5.60 Å². The van der Waals surface area contributed by atoms with Crippen LogP contribution in [0.1, 0.15) is 57.8 Å². The first kappa shape index (κ1) is 11.6. The number of carbonyl (C=O) groups is 1. The van der Waals surface area contributed by atoms with Gasteiger partial charge in [-0.3, -0.25) is 4.79 Å². The Kier molecular flexibility index (Phi) is 2.07. The zero-order chi connectivity index (χ0) is 13.4. The number of amidine groups is 1. The van der Waals surface area contributed by atoms with E-state index in [1.54, 1.807) is 0 Å². The van der Waals surface area contributed by atoms with Crippen LogP contribution in [0.3, 0.4) is 0 Å². The maximum absolute atomic E-state index is 12.2. The van der Waals surface area contributed by atoms with Gasteiger partial charge in [-0.25, -0.2) is 0 Å². The lowest BCUT2D eigenvalue weighted by Crippen LogP contribution is -2.50. The van der Waals surface area contributed by atoms with E-state index in [0.717, 1.165) is 43.4 Å². The second kappa shape index (κ2) is 3.58. The molecule has 1 heterocycles. The molecule has 5 fully saturated rings. The number of amides is 1. The summed E-state index contributed by atoms with van der Waals surface area (Å²) in [5.74, 6) is 2.55. The van der Waals surface area contributed by atoms with Gasteiger partial charge in [-0.1, -0.05) is 0 Å². The molecule has 108 valence electrons. The van der Waals surface area contributed by atoms with Gasteiger partial charge < -0.3 is 10.1 Å². The fraction of sp³-hybridized carbons (Fsp3) is 0.875. The second-order valence-electron chi connectivity index (χ2n) is 7.85. The molecule has 6 rings (SSSR count). The maximum atomic E-state index is 12.2. The van der Waals surface area contributed by atoms with Crippen LogP contribution in [0.4, 0.5) is 0 Å². The van der Waals surface area contributed by atoms with Crippen LogP contribution in [0.25, 0.3) is 0 Å². The van der Waals surface area contributed by atoms with Crippen LogP contribution in [-0.2, 0) is 9.53 Å². The van der Waals surface area contributed by atoms with Crippen LogP contribution < -0.4 is 5.32 Å². The van der Waals surface area contributed by atoms with Gasteiger partial charge in [0.2, 0.25) is 0 Å². The van der Waals surface area contributed by atoms with Crippen LogP contribution >= 0.6 is 0 Å². The highest BCUT2D eigenvalue weighted by Gasteiger charge is 2.59. The Morgan fingerprint density at radius 3 is 2.50 bits per heavy atom. The highest BCUT2D eigenvalue weighted by molar-refractivity contribution is 6.01. The summed E-state index contributed by atoms with van der Waals surface area (Å²) < 4.78 is 6.03. The molecule has 0 aromatic rings. The van der Waals surface area contributed by atoms with Crippen LogP contribution in [0.2, 0.25) is 0 Å². The van der Waals surface area contributed by atoms with Crippen molar-refractivity contribution in [2.24, 2.45) is 22.7 Å². The Hall–Kier alpha value is -1.06. The molecule has 1 spiro atoms. The molecule has 5 saturated carbocycles. The number of rotatable bonds is 1. The van der Waals surface area contributed by atoms with Gasteiger partial charge in [0.1, 0.15) is 0 Å². The van der Waals surface area contributed by atoms with Crippen molar-refractivity contribution in [1.29, 1.82) is 0 Å². The number of carbonyl (C=O) groups excluding carboxylic acids is 1. The number of ether oxygens (including phenoxy) is 1. The van der Waals surface area contributed by atoms with Gasteiger partial charge >= 0.3 is 0 Å². The molecule has 5 aliphatic carbocycles. The van der Waals surface area contributed by atoms with Crippen molar-refractivity contribution in [1.82, 2.24) is 5.32 Å². The minimum Gasteiger partial charge on any atom is -0.448 e. The summed E-state index contributed by atoms with van der Waals surface area (Å²) >= 11 is 0. The van der Waals surface area contributed by atoms with Gasteiger partial charge in [0, 0.05) is 5.54 Å². The van der Waals surface area contributed by atoms with E-state index in [0.29, 0.717) is 6.02 Å². The number of hydrogen-bond donors (Lipinski definition) is 1. The molecule has 6 aliphatic rings. The van der Waals surface area contributed by atoms with Crippen molar-refractivity contribution in [2.45, 2.75) is 68.9 Å². The van der Waals surface area contributed by atoms with Crippen molar-refractivity contribution in [3.05, 3.63) is 0 Å². The molecule has 0 saturated heterocycles. The number of aliphatic imine (C=N–C) groups is 1. The molecule has 2 atom stereocenters. The van der Waals surface area contributed by atoms with Crippen LogP contribution in [0, 0.1) is 17.8 Å². The summed E-state index contributed by atoms with van der Waals surface area (Å²) in [6.07, 6.45) is 10.6. The van der Waals surface area contributed by atoms with Gasteiger partial charge in [0.25, 0.3) is 11.9 Å². The summed E-state index contributed by atoms with van der Waals surface area (Å²) in [6.45, 7) is 0. The first-order valence-corrected chi connectivity index (χ1v) is 8.28. The standard InChI is InChI=1S/C16H22N2O2/c19-13-16(3-1-2-4-16)20-14(17-13)18-15-8-10-5-11(9-15)7-12(15)6-10/h10-12H,1-9H2,(H,17,18,19). The fourth-order valence-electron chi connectivity index (χ4n) is 5.97. The van der Waals surface area contributed by atoms with Crippen LogP contribution in [0.15, 0.2) is 4.99 Å². The molecule has 2 unspecified atom stereocenters. The van der Waals surface area contributed by atoms with E-state index in [-0.39, 0.29) is 11.4 Å². The smallest absolute Gasteiger partial charge is 0.294 e. The third-order valence-corrected chi connectivity index (χ3v) is 6.64. The average molecular weight is 274 g/mol. The molecule has 1 N–H and O–H groups in total. The van der Waals surface area contributed by atoms with Crippen molar-refractivity contribution >= 4 is 11.9 Å². The summed E-state index contributed by atoms with van der Waals surface area (Å²) in [6, 6.07) is 0.546.